The normalized spacial score (nSPS) is 19.6. The van der Waals surface area contributed by atoms with Gasteiger partial charge in [0.15, 0.2) is 0 Å². The molecule has 4 heteroatoms. The summed E-state index contributed by atoms with van der Waals surface area (Å²) in [6, 6.07) is 2.67. The highest BCUT2D eigenvalue weighted by atomic mass is 79.9. The zero-order chi connectivity index (χ0) is 12.8. The molecular weight excluding hydrogens is 278 g/mol. The number of aromatic nitrogens is 1. The summed E-state index contributed by atoms with van der Waals surface area (Å²) in [4.78, 5) is 6.84. The van der Waals surface area contributed by atoms with Gasteiger partial charge in [0.2, 0.25) is 0 Å². The molecule has 1 atom stereocenters. The van der Waals surface area contributed by atoms with Gasteiger partial charge in [-0.25, -0.2) is 4.98 Å². The molecular formula is C13H22BrN3. The van der Waals surface area contributed by atoms with E-state index in [1.807, 2.05) is 20.0 Å². The Balaban J connectivity index is 0.000000686. The molecule has 0 bridgehead atoms. The van der Waals surface area contributed by atoms with Crippen molar-refractivity contribution >= 4 is 21.7 Å². The van der Waals surface area contributed by atoms with Crippen molar-refractivity contribution in [2.45, 2.75) is 33.7 Å². The Kier molecular flexibility index (Phi) is 5.92. The molecule has 0 saturated carbocycles. The second-order valence-electron chi connectivity index (χ2n) is 4.10. The van der Waals surface area contributed by atoms with Crippen LogP contribution in [-0.2, 0) is 0 Å². The highest BCUT2D eigenvalue weighted by Crippen LogP contribution is 2.21. The number of hydrogen-bond donors (Lipinski definition) is 1. The number of piperazine rings is 1. The van der Waals surface area contributed by atoms with Crippen LogP contribution in [0.1, 0.15) is 26.3 Å². The van der Waals surface area contributed by atoms with Crippen LogP contribution in [0.3, 0.4) is 0 Å². The van der Waals surface area contributed by atoms with Crippen LogP contribution >= 0.6 is 15.9 Å². The van der Waals surface area contributed by atoms with Crippen LogP contribution < -0.4 is 10.2 Å². The molecule has 3 nitrogen and oxygen atoms in total. The number of aryl methyl sites for hydroxylation is 1. The van der Waals surface area contributed by atoms with Crippen LogP contribution in [0.25, 0.3) is 0 Å². The van der Waals surface area contributed by atoms with E-state index in [0.29, 0.717) is 6.04 Å². The molecule has 2 heterocycles. The van der Waals surface area contributed by atoms with E-state index in [0.717, 1.165) is 29.9 Å². The zero-order valence-electron chi connectivity index (χ0n) is 11.1. The molecule has 0 spiro atoms. The van der Waals surface area contributed by atoms with Crippen LogP contribution in [0.4, 0.5) is 5.82 Å². The molecule has 1 fully saturated rings. The Bertz CT molecular complexity index is 355. The topological polar surface area (TPSA) is 28.2 Å². The Labute approximate surface area is 113 Å². The SMILES string of the molecule is CC.Cc1cc(Br)cnc1N1CCN[C@H](C)C1. The third-order valence-electron chi connectivity index (χ3n) is 2.69. The Morgan fingerprint density at radius 1 is 1.47 bits per heavy atom. The molecule has 17 heavy (non-hydrogen) atoms. The Morgan fingerprint density at radius 3 is 2.76 bits per heavy atom. The minimum atomic E-state index is 0.545. The fraction of sp³-hybridized carbons (Fsp3) is 0.615. The summed E-state index contributed by atoms with van der Waals surface area (Å²) in [7, 11) is 0. The van der Waals surface area contributed by atoms with Gasteiger partial charge in [-0.3, -0.25) is 0 Å². The van der Waals surface area contributed by atoms with Gasteiger partial charge in [-0.05, 0) is 41.4 Å². The number of anilines is 1. The van der Waals surface area contributed by atoms with Crippen molar-refractivity contribution in [1.82, 2.24) is 10.3 Å². The van der Waals surface area contributed by atoms with Gasteiger partial charge < -0.3 is 10.2 Å². The molecule has 1 aromatic heterocycles. The maximum absolute atomic E-state index is 4.49. The van der Waals surface area contributed by atoms with Crippen LogP contribution in [0.2, 0.25) is 0 Å². The highest BCUT2D eigenvalue weighted by molar-refractivity contribution is 9.10. The van der Waals surface area contributed by atoms with Crippen molar-refractivity contribution in [2.24, 2.45) is 0 Å². The number of nitrogens with one attached hydrogen (secondary N) is 1. The Morgan fingerprint density at radius 2 is 2.18 bits per heavy atom. The van der Waals surface area contributed by atoms with E-state index < -0.39 is 0 Å². The quantitative estimate of drug-likeness (QED) is 0.864. The summed E-state index contributed by atoms with van der Waals surface area (Å²) in [6.45, 7) is 11.4. The number of rotatable bonds is 1. The molecule has 2 rings (SSSR count). The van der Waals surface area contributed by atoms with Gasteiger partial charge in [0.25, 0.3) is 0 Å². The first-order chi connectivity index (χ1) is 8.16. The summed E-state index contributed by atoms with van der Waals surface area (Å²) >= 11 is 3.44. The predicted octanol–water partition coefficient (Wildman–Crippen LogP) is 2.98. The van der Waals surface area contributed by atoms with Gasteiger partial charge in [0.05, 0.1) is 0 Å². The fourth-order valence-corrected chi connectivity index (χ4v) is 2.43. The minimum Gasteiger partial charge on any atom is -0.354 e. The summed E-state index contributed by atoms with van der Waals surface area (Å²) in [6.07, 6.45) is 1.87. The average Bonchev–Trinajstić information content (AvgIpc) is 2.31. The maximum Gasteiger partial charge on any atom is 0.131 e. The summed E-state index contributed by atoms with van der Waals surface area (Å²) < 4.78 is 1.05. The lowest BCUT2D eigenvalue weighted by Crippen LogP contribution is -2.49. The van der Waals surface area contributed by atoms with Crippen LogP contribution in [-0.4, -0.2) is 30.7 Å². The minimum absolute atomic E-state index is 0.545. The number of pyridine rings is 1. The van der Waals surface area contributed by atoms with Crippen molar-refractivity contribution in [2.75, 3.05) is 24.5 Å². The van der Waals surface area contributed by atoms with E-state index in [4.69, 9.17) is 0 Å². The van der Waals surface area contributed by atoms with Gasteiger partial charge in [0, 0.05) is 36.3 Å². The first-order valence-corrected chi connectivity index (χ1v) is 7.06. The summed E-state index contributed by atoms with van der Waals surface area (Å²) in [5.41, 5.74) is 1.23. The van der Waals surface area contributed by atoms with Crippen molar-refractivity contribution < 1.29 is 0 Å². The predicted molar refractivity (Wildman–Crippen MR) is 77.7 cm³/mol. The molecule has 0 unspecified atom stereocenters. The number of halogens is 1. The molecule has 0 aliphatic carbocycles. The number of hydrogen-bond acceptors (Lipinski definition) is 3. The molecule has 0 amide bonds. The van der Waals surface area contributed by atoms with Gasteiger partial charge in [-0.15, -0.1) is 0 Å². The first kappa shape index (κ1) is 14.5. The highest BCUT2D eigenvalue weighted by Gasteiger charge is 2.18. The lowest BCUT2D eigenvalue weighted by molar-refractivity contribution is 0.482. The van der Waals surface area contributed by atoms with E-state index in [1.54, 1.807) is 0 Å². The smallest absolute Gasteiger partial charge is 0.131 e. The largest absolute Gasteiger partial charge is 0.354 e. The van der Waals surface area contributed by atoms with Gasteiger partial charge in [-0.2, -0.15) is 0 Å². The van der Waals surface area contributed by atoms with Gasteiger partial charge >= 0.3 is 0 Å². The molecule has 96 valence electrons. The van der Waals surface area contributed by atoms with Crippen molar-refractivity contribution in [3.05, 3.63) is 22.3 Å². The van der Waals surface area contributed by atoms with Crippen molar-refractivity contribution in [1.29, 1.82) is 0 Å². The molecule has 0 aromatic carbocycles. The molecule has 1 aliphatic rings. The third-order valence-corrected chi connectivity index (χ3v) is 3.12. The van der Waals surface area contributed by atoms with E-state index in [1.165, 1.54) is 5.56 Å². The summed E-state index contributed by atoms with van der Waals surface area (Å²) in [5.74, 6) is 1.12. The standard InChI is InChI=1S/C11H16BrN3.C2H6/c1-8-5-10(12)6-14-11(8)15-4-3-13-9(2)7-15;1-2/h5-6,9,13H,3-4,7H2,1-2H3;1-2H3/t9-;/m1./s1. The maximum atomic E-state index is 4.49. The number of nitrogens with zero attached hydrogens (tertiary/aromatic N) is 2. The van der Waals surface area contributed by atoms with E-state index in [9.17, 15) is 0 Å². The lowest BCUT2D eigenvalue weighted by atomic mass is 10.2. The summed E-state index contributed by atoms with van der Waals surface area (Å²) in [5, 5.41) is 3.43. The monoisotopic (exact) mass is 299 g/mol. The Hall–Kier alpha value is -0.610. The lowest BCUT2D eigenvalue weighted by Gasteiger charge is -2.33. The molecule has 1 N–H and O–H groups in total. The third kappa shape index (κ3) is 3.96. The van der Waals surface area contributed by atoms with Gasteiger partial charge in [-0.1, -0.05) is 13.8 Å². The van der Waals surface area contributed by atoms with E-state index >= 15 is 0 Å². The molecule has 1 aromatic rings. The second kappa shape index (κ2) is 6.97. The molecule has 1 saturated heterocycles. The van der Waals surface area contributed by atoms with E-state index in [2.05, 4.69) is 51.0 Å². The first-order valence-electron chi connectivity index (χ1n) is 6.27. The second-order valence-corrected chi connectivity index (χ2v) is 5.01. The van der Waals surface area contributed by atoms with Crippen LogP contribution in [0.5, 0.6) is 0 Å². The molecule has 1 aliphatic heterocycles. The van der Waals surface area contributed by atoms with Gasteiger partial charge in [0.1, 0.15) is 5.82 Å². The van der Waals surface area contributed by atoms with E-state index in [-0.39, 0.29) is 0 Å². The zero-order valence-corrected chi connectivity index (χ0v) is 12.7. The van der Waals surface area contributed by atoms with Crippen molar-refractivity contribution in [3.63, 3.8) is 0 Å². The fourth-order valence-electron chi connectivity index (χ4n) is 1.99. The molecule has 0 radical (unpaired) electrons. The van der Waals surface area contributed by atoms with Crippen LogP contribution in [0.15, 0.2) is 16.7 Å². The average molecular weight is 300 g/mol. The van der Waals surface area contributed by atoms with Crippen molar-refractivity contribution in [3.8, 4) is 0 Å². The van der Waals surface area contributed by atoms with Crippen LogP contribution in [0, 0.1) is 6.92 Å².